The van der Waals surface area contributed by atoms with Gasteiger partial charge in [0.2, 0.25) is 0 Å². The van der Waals surface area contributed by atoms with Crippen LogP contribution in [0.25, 0.3) is 0 Å². The Morgan fingerprint density at radius 2 is 1.70 bits per heavy atom. The smallest absolute Gasteiger partial charge is 0.0361 e. The summed E-state index contributed by atoms with van der Waals surface area (Å²) in [5.41, 5.74) is 6.77. The zero-order chi connectivity index (χ0) is 14.7. The van der Waals surface area contributed by atoms with Gasteiger partial charge in [0.05, 0.1) is 0 Å². The van der Waals surface area contributed by atoms with Crippen LogP contribution in [0.2, 0.25) is 0 Å². The number of hydrogen-bond acceptors (Lipinski definition) is 1. The molecular weight excluding hydrogens is 310 g/mol. The van der Waals surface area contributed by atoms with E-state index in [1.807, 2.05) is 7.05 Å². The van der Waals surface area contributed by atoms with Crippen molar-refractivity contribution in [1.29, 1.82) is 0 Å². The quantitative estimate of drug-likeness (QED) is 0.842. The molecule has 2 rings (SSSR count). The van der Waals surface area contributed by atoms with E-state index in [1.54, 1.807) is 0 Å². The van der Waals surface area contributed by atoms with Crippen LogP contribution in [0.4, 0.5) is 0 Å². The lowest BCUT2D eigenvalue weighted by Gasteiger charge is -2.21. The molecule has 106 valence electrons. The van der Waals surface area contributed by atoms with Crippen molar-refractivity contribution in [2.24, 2.45) is 0 Å². The Morgan fingerprint density at radius 1 is 1.00 bits per heavy atom. The second kappa shape index (κ2) is 6.55. The summed E-state index contributed by atoms with van der Waals surface area (Å²) in [5, 5.41) is 3.47. The van der Waals surface area contributed by atoms with Crippen molar-refractivity contribution in [1.82, 2.24) is 5.32 Å². The summed E-state index contributed by atoms with van der Waals surface area (Å²) in [4.78, 5) is 0. The third-order valence-electron chi connectivity index (χ3n) is 3.96. The van der Waals surface area contributed by atoms with Crippen molar-refractivity contribution >= 4 is 15.9 Å². The highest BCUT2D eigenvalue weighted by atomic mass is 79.9. The van der Waals surface area contributed by atoms with E-state index in [4.69, 9.17) is 0 Å². The van der Waals surface area contributed by atoms with Crippen molar-refractivity contribution in [2.45, 2.75) is 33.2 Å². The van der Waals surface area contributed by atoms with E-state index in [9.17, 15) is 0 Å². The Bertz CT molecular complexity index is 604. The van der Waals surface area contributed by atoms with Crippen LogP contribution in [0.5, 0.6) is 0 Å². The van der Waals surface area contributed by atoms with Gasteiger partial charge >= 0.3 is 0 Å². The van der Waals surface area contributed by atoms with Gasteiger partial charge in [-0.2, -0.15) is 0 Å². The maximum absolute atomic E-state index is 3.61. The molecule has 2 aromatic rings. The summed E-state index contributed by atoms with van der Waals surface area (Å²) in [6.45, 7) is 6.51. The zero-order valence-corrected chi connectivity index (χ0v) is 14.2. The molecule has 1 N–H and O–H groups in total. The number of likely N-dealkylation sites (N-methyl/N-ethyl adjacent to an activating group) is 1. The van der Waals surface area contributed by atoms with E-state index in [0.717, 1.165) is 6.42 Å². The van der Waals surface area contributed by atoms with Crippen LogP contribution >= 0.6 is 15.9 Å². The first-order valence-electron chi connectivity index (χ1n) is 7.01. The molecule has 0 saturated carbocycles. The number of rotatable bonds is 4. The molecule has 2 aromatic carbocycles. The van der Waals surface area contributed by atoms with Crippen molar-refractivity contribution < 1.29 is 0 Å². The van der Waals surface area contributed by atoms with Gasteiger partial charge in [-0.1, -0.05) is 46.3 Å². The van der Waals surface area contributed by atoms with Crippen LogP contribution in [-0.4, -0.2) is 7.05 Å². The van der Waals surface area contributed by atoms with Crippen LogP contribution in [0.1, 0.15) is 33.9 Å². The minimum atomic E-state index is 0.350. The molecule has 0 heterocycles. The number of aryl methyl sites for hydroxylation is 3. The molecule has 0 radical (unpaired) electrons. The van der Waals surface area contributed by atoms with Gasteiger partial charge in [-0.3, -0.25) is 0 Å². The van der Waals surface area contributed by atoms with Crippen LogP contribution < -0.4 is 5.32 Å². The van der Waals surface area contributed by atoms with E-state index in [1.165, 1.54) is 32.3 Å². The zero-order valence-electron chi connectivity index (χ0n) is 12.6. The van der Waals surface area contributed by atoms with E-state index in [2.05, 4.69) is 78.4 Å². The Kier molecular flexibility index (Phi) is 5.00. The predicted molar refractivity (Wildman–Crippen MR) is 90.3 cm³/mol. The third-order valence-corrected chi connectivity index (χ3v) is 4.81. The topological polar surface area (TPSA) is 12.0 Å². The fourth-order valence-electron chi connectivity index (χ4n) is 2.61. The van der Waals surface area contributed by atoms with Crippen molar-refractivity contribution in [3.05, 3.63) is 68.7 Å². The highest BCUT2D eigenvalue weighted by molar-refractivity contribution is 9.10. The molecule has 2 heteroatoms. The predicted octanol–water partition coefficient (Wildman–Crippen LogP) is 4.88. The molecule has 0 aliphatic rings. The molecule has 1 unspecified atom stereocenters. The Hall–Kier alpha value is -1.12. The fourth-order valence-corrected chi connectivity index (χ4v) is 3.06. The Morgan fingerprint density at radius 3 is 2.35 bits per heavy atom. The van der Waals surface area contributed by atoms with Gasteiger partial charge in [0, 0.05) is 10.5 Å². The Balaban J connectivity index is 2.34. The molecule has 0 spiro atoms. The minimum Gasteiger partial charge on any atom is -0.313 e. The summed E-state index contributed by atoms with van der Waals surface area (Å²) < 4.78 is 1.18. The highest BCUT2D eigenvalue weighted by Crippen LogP contribution is 2.27. The molecule has 0 aliphatic heterocycles. The van der Waals surface area contributed by atoms with E-state index in [-0.39, 0.29) is 0 Å². The first kappa shape index (κ1) is 15.3. The molecule has 0 aliphatic carbocycles. The van der Waals surface area contributed by atoms with Gasteiger partial charge < -0.3 is 5.32 Å². The summed E-state index contributed by atoms with van der Waals surface area (Å²) in [5.74, 6) is 0. The number of hydrogen-bond donors (Lipinski definition) is 1. The summed E-state index contributed by atoms with van der Waals surface area (Å²) in [7, 11) is 2.04. The minimum absolute atomic E-state index is 0.350. The van der Waals surface area contributed by atoms with E-state index >= 15 is 0 Å². The molecule has 0 aromatic heterocycles. The van der Waals surface area contributed by atoms with Crippen LogP contribution in [0, 0.1) is 20.8 Å². The molecule has 20 heavy (non-hydrogen) atoms. The SMILES string of the molecule is CNC(Cc1ccccc1C)c1cc(C)c(Br)cc1C. The summed E-state index contributed by atoms with van der Waals surface area (Å²) in [6, 6.07) is 13.5. The van der Waals surface area contributed by atoms with Gasteiger partial charge in [0.15, 0.2) is 0 Å². The second-order valence-corrected chi connectivity index (χ2v) is 6.28. The average molecular weight is 332 g/mol. The van der Waals surface area contributed by atoms with Crippen molar-refractivity contribution in [2.75, 3.05) is 7.05 Å². The lowest BCUT2D eigenvalue weighted by molar-refractivity contribution is 0.587. The van der Waals surface area contributed by atoms with Crippen molar-refractivity contribution in [3.8, 4) is 0 Å². The molecule has 1 atom stereocenters. The third kappa shape index (κ3) is 3.31. The highest BCUT2D eigenvalue weighted by Gasteiger charge is 2.14. The normalized spacial score (nSPS) is 12.4. The average Bonchev–Trinajstić information content (AvgIpc) is 2.42. The molecule has 1 nitrogen and oxygen atoms in total. The van der Waals surface area contributed by atoms with Gasteiger partial charge in [0.1, 0.15) is 0 Å². The maximum Gasteiger partial charge on any atom is 0.0361 e. The molecule has 0 fully saturated rings. The largest absolute Gasteiger partial charge is 0.313 e. The van der Waals surface area contributed by atoms with Crippen LogP contribution in [0.3, 0.4) is 0 Å². The monoisotopic (exact) mass is 331 g/mol. The fraction of sp³-hybridized carbons (Fsp3) is 0.333. The van der Waals surface area contributed by atoms with Gasteiger partial charge in [-0.05, 0) is 68.1 Å². The van der Waals surface area contributed by atoms with Crippen LogP contribution in [0.15, 0.2) is 40.9 Å². The molecule has 0 bridgehead atoms. The second-order valence-electron chi connectivity index (χ2n) is 5.43. The van der Waals surface area contributed by atoms with Gasteiger partial charge in [-0.15, -0.1) is 0 Å². The van der Waals surface area contributed by atoms with E-state index < -0.39 is 0 Å². The lowest BCUT2D eigenvalue weighted by atomic mass is 9.92. The van der Waals surface area contributed by atoms with Gasteiger partial charge in [0.25, 0.3) is 0 Å². The summed E-state index contributed by atoms with van der Waals surface area (Å²) in [6.07, 6.45) is 1.02. The van der Waals surface area contributed by atoms with Crippen LogP contribution in [-0.2, 0) is 6.42 Å². The Labute approximate surface area is 130 Å². The van der Waals surface area contributed by atoms with Gasteiger partial charge in [-0.25, -0.2) is 0 Å². The van der Waals surface area contributed by atoms with E-state index in [0.29, 0.717) is 6.04 Å². The van der Waals surface area contributed by atoms with Crippen molar-refractivity contribution in [3.63, 3.8) is 0 Å². The first-order chi connectivity index (χ1) is 9.52. The number of halogens is 1. The summed E-state index contributed by atoms with van der Waals surface area (Å²) >= 11 is 3.61. The molecule has 0 amide bonds. The molecule has 0 saturated heterocycles. The number of nitrogens with one attached hydrogen (secondary N) is 1. The lowest BCUT2D eigenvalue weighted by Crippen LogP contribution is -2.20. The number of benzene rings is 2. The molecular formula is C18H22BrN. The standard InChI is InChI=1S/C18H22BrN/c1-12-7-5-6-8-15(12)11-18(20-4)16-9-14(3)17(19)10-13(16)2/h5-10,18,20H,11H2,1-4H3. The maximum atomic E-state index is 3.61. The first-order valence-corrected chi connectivity index (χ1v) is 7.80.